The summed E-state index contributed by atoms with van der Waals surface area (Å²) in [5.74, 6) is -2.70. The molecule has 0 aliphatic carbocycles. The van der Waals surface area contributed by atoms with Crippen LogP contribution in [0.25, 0.3) is 0 Å². The van der Waals surface area contributed by atoms with E-state index < -0.39 is 11.9 Å². The van der Waals surface area contributed by atoms with Gasteiger partial charge in [-0.25, -0.2) is 0 Å². The van der Waals surface area contributed by atoms with Crippen LogP contribution in [-0.2, 0) is 28.8 Å². The minimum Gasteiger partial charge on any atom is -0.481 e. The second kappa shape index (κ2) is 11.7. The molecule has 4 amide bonds. The second-order valence-electron chi connectivity index (χ2n) is 4.94. The van der Waals surface area contributed by atoms with E-state index in [0.29, 0.717) is 38.5 Å². The maximum atomic E-state index is 10.3. The minimum atomic E-state index is -1.08. The Morgan fingerprint density at radius 1 is 0.667 bits per heavy atom. The second-order valence-corrected chi connectivity index (χ2v) is 4.94. The molecule has 0 unspecified atom stereocenters. The number of carbonyl (C=O) groups is 6. The Bertz CT molecular complexity index is 441. The maximum absolute atomic E-state index is 10.3. The summed E-state index contributed by atoms with van der Waals surface area (Å²) in [5.41, 5.74) is 0. The molecular formula is C14H20N2O8. The summed E-state index contributed by atoms with van der Waals surface area (Å²) in [5, 5.41) is 20.2. The molecule has 2 aliphatic rings. The van der Waals surface area contributed by atoms with Crippen LogP contribution in [-0.4, -0.2) is 45.8 Å². The van der Waals surface area contributed by atoms with Gasteiger partial charge in [0.25, 0.3) is 0 Å². The highest BCUT2D eigenvalue weighted by molar-refractivity contribution is 5.97. The number of rotatable bonds is 3. The van der Waals surface area contributed by atoms with Crippen LogP contribution < -0.4 is 10.6 Å². The van der Waals surface area contributed by atoms with Crippen molar-refractivity contribution in [2.24, 2.45) is 0 Å². The Hall–Kier alpha value is -2.78. The normalized spacial score (nSPS) is 16.5. The maximum Gasteiger partial charge on any atom is 0.303 e. The number of hydrogen-bond donors (Lipinski definition) is 4. The van der Waals surface area contributed by atoms with Gasteiger partial charge in [0.2, 0.25) is 23.6 Å². The number of nitrogens with one attached hydrogen (secondary N) is 2. The van der Waals surface area contributed by atoms with Crippen LogP contribution in [0.5, 0.6) is 0 Å². The molecule has 2 aliphatic heterocycles. The monoisotopic (exact) mass is 344 g/mol. The minimum absolute atomic E-state index is 0.138. The van der Waals surface area contributed by atoms with E-state index in [1.165, 1.54) is 0 Å². The van der Waals surface area contributed by atoms with Gasteiger partial charge in [0, 0.05) is 25.7 Å². The highest BCUT2D eigenvalue weighted by Crippen LogP contribution is 2.01. The zero-order valence-corrected chi connectivity index (χ0v) is 13.0. The summed E-state index contributed by atoms with van der Waals surface area (Å²) in [6.07, 6.45) is 2.86. The number of hydrogen-bond acceptors (Lipinski definition) is 6. The lowest BCUT2D eigenvalue weighted by Crippen LogP contribution is -2.33. The third-order valence-corrected chi connectivity index (χ3v) is 2.73. The first kappa shape index (κ1) is 21.2. The topological polar surface area (TPSA) is 167 Å². The van der Waals surface area contributed by atoms with E-state index in [1.807, 2.05) is 0 Å². The zero-order chi connectivity index (χ0) is 18.5. The predicted octanol–water partition coefficient (Wildman–Crippen LogP) is -0.438. The van der Waals surface area contributed by atoms with Gasteiger partial charge < -0.3 is 10.2 Å². The number of imide groups is 2. The van der Waals surface area contributed by atoms with Crippen molar-refractivity contribution in [2.75, 3.05) is 0 Å². The molecule has 10 heteroatoms. The van der Waals surface area contributed by atoms with Crippen molar-refractivity contribution >= 4 is 35.6 Å². The molecule has 0 aromatic rings. The van der Waals surface area contributed by atoms with Crippen LogP contribution in [0.2, 0.25) is 0 Å². The molecule has 0 spiro atoms. The molecule has 0 radical (unpaired) electrons. The highest BCUT2D eigenvalue weighted by atomic mass is 16.4. The lowest BCUT2D eigenvalue weighted by molar-refractivity contribution is -0.143. The third-order valence-electron chi connectivity index (χ3n) is 2.73. The van der Waals surface area contributed by atoms with Crippen molar-refractivity contribution in [3.8, 4) is 0 Å². The molecule has 10 nitrogen and oxygen atoms in total. The van der Waals surface area contributed by atoms with Crippen LogP contribution in [0.1, 0.15) is 51.4 Å². The fourth-order valence-corrected chi connectivity index (χ4v) is 1.59. The van der Waals surface area contributed by atoms with E-state index in [-0.39, 0.29) is 36.5 Å². The molecule has 2 saturated heterocycles. The lowest BCUT2D eigenvalue weighted by Gasteiger charge is -2.07. The standard InChI is InChI=1S/2C5H7NO2.C4H6O4/c2*7-4-2-1-3-5(8)6-4;5-3(6)1-2-4(7)8/h2*1-3H2,(H,6,7,8);1-2H2,(H,5,6)(H,7,8). The van der Waals surface area contributed by atoms with Crippen LogP contribution in [0, 0.1) is 0 Å². The average Bonchev–Trinajstić information content (AvgIpc) is 2.46. The van der Waals surface area contributed by atoms with Crippen molar-refractivity contribution < 1.29 is 39.0 Å². The summed E-state index contributed by atoms with van der Waals surface area (Å²) in [6.45, 7) is 0. The first-order chi connectivity index (χ1) is 11.2. The van der Waals surface area contributed by atoms with Gasteiger partial charge in [-0.05, 0) is 12.8 Å². The van der Waals surface area contributed by atoms with Crippen molar-refractivity contribution in [1.82, 2.24) is 10.6 Å². The van der Waals surface area contributed by atoms with Crippen molar-refractivity contribution in [3.63, 3.8) is 0 Å². The largest absolute Gasteiger partial charge is 0.481 e. The molecule has 0 aromatic heterocycles. The van der Waals surface area contributed by atoms with E-state index >= 15 is 0 Å². The first-order valence-corrected chi connectivity index (χ1v) is 7.29. The quantitative estimate of drug-likeness (QED) is 0.500. The fourth-order valence-electron chi connectivity index (χ4n) is 1.59. The van der Waals surface area contributed by atoms with E-state index in [1.54, 1.807) is 0 Å². The SMILES string of the molecule is O=C(O)CCC(=O)O.O=C1CCCC(=O)N1.O=C1CCCC(=O)N1. The average molecular weight is 344 g/mol. The summed E-state index contributed by atoms with van der Waals surface area (Å²) in [6, 6.07) is 0. The highest BCUT2D eigenvalue weighted by Gasteiger charge is 2.13. The number of amides is 4. The molecule has 0 atom stereocenters. The van der Waals surface area contributed by atoms with Gasteiger partial charge in [0.1, 0.15) is 0 Å². The van der Waals surface area contributed by atoms with Crippen molar-refractivity contribution in [1.29, 1.82) is 0 Å². The Labute approximate surface area is 137 Å². The van der Waals surface area contributed by atoms with Gasteiger partial charge in [-0.15, -0.1) is 0 Å². The fraction of sp³-hybridized carbons (Fsp3) is 0.571. The molecular weight excluding hydrogens is 324 g/mol. The van der Waals surface area contributed by atoms with Gasteiger partial charge in [-0.1, -0.05) is 0 Å². The molecule has 0 bridgehead atoms. The summed E-state index contributed by atoms with van der Waals surface area (Å²) in [7, 11) is 0. The van der Waals surface area contributed by atoms with Gasteiger partial charge >= 0.3 is 11.9 Å². The van der Waals surface area contributed by atoms with Gasteiger partial charge in [0.05, 0.1) is 12.8 Å². The molecule has 2 rings (SSSR count). The molecule has 134 valence electrons. The first-order valence-electron chi connectivity index (χ1n) is 7.29. The predicted molar refractivity (Wildman–Crippen MR) is 78.5 cm³/mol. The van der Waals surface area contributed by atoms with Crippen molar-refractivity contribution in [3.05, 3.63) is 0 Å². The van der Waals surface area contributed by atoms with Crippen molar-refractivity contribution in [2.45, 2.75) is 51.4 Å². The number of carbonyl (C=O) groups excluding carboxylic acids is 4. The Morgan fingerprint density at radius 2 is 0.917 bits per heavy atom. The molecule has 2 fully saturated rings. The van der Waals surface area contributed by atoms with Gasteiger partial charge in [-0.2, -0.15) is 0 Å². The Kier molecular flexibility index (Phi) is 10.4. The van der Waals surface area contributed by atoms with Gasteiger partial charge in [0.15, 0.2) is 0 Å². The van der Waals surface area contributed by atoms with Crippen LogP contribution in [0.3, 0.4) is 0 Å². The van der Waals surface area contributed by atoms with Crippen LogP contribution in [0.4, 0.5) is 0 Å². The van der Waals surface area contributed by atoms with Crippen LogP contribution in [0.15, 0.2) is 0 Å². The number of carboxylic acid groups (broad SMARTS) is 2. The van der Waals surface area contributed by atoms with E-state index in [9.17, 15) is 28.8 Å². The zero-order valence-electron chi connectivity index (χ0n) is 13.0. The molecule has 0 saturated carbocycles. The summed E-state index contributed by atoms with van der Waals surface area (Å²) in [4.78, 5) is 60.6. The van der Waals surface area contributed by atoms with E-state index in [2.05, 4.69) is 10.6 Å². The molecule has 0 aromatic carbocycles. The van der Waals surface area contributed by atoms with E-state index in [4.69, 9.17) is 10.2 Å². The number of piperidine rings is 2. The Balaban J connectivity index is 0.000000331. The third kappa shape index (κ3) is 12.9. The van der Waals surface area contributed by atoms with Crippen LogP contribution >= 0.6 is 0 Å². The summed E-state index contributed by atoms with van der Waals surface area (Å²) >= 11 is 0. The smallest absolute Gasteiger partial charge is 0.303 e. The molecule has 2 heterocycles. The van der Waals surface area contributed by atoms with Gasteiger partial charge in [-0.3, -0.25) is 39.4 Å². The van der Waals surface area contributed by atoms with E-state index in [0.717, 1.165) is 0 Å². The number of carboxylic acids is 2. The Morgan fingerprint density at radius 3 is 1.04 bits per heavy atom. The lowest BCUT2D eigenvalue weighted by atomic mass is 10.1. The molecule has 4 N–H and O–H groups in total. The number of aliphatic carboxylic acids is 2. The molecule has 24 heavy (non-hydrogen) atoms. The summed E-state index contributed by atoms with van der Waals surface area (Å²) < 4.78 is 0.